The van der Waals surface area contributed by atoms with Crippen molar-refractivity contribution < 1.29 is 14.6 Å². The van der Waals surface area contributed by atoms with Crippen molar-refractivity contribution in [1.29, 1.82) is 0 Å². The molecule has 4 heteroatoms. The molecular formula is C13H19NO3. The SMILES string of the molecule is CCN(C(=O)CCCOC)c1cccc(O)c1. The van der Waals surface area contributed by atoms with E-state index in [0.717, 1.165) is 5.69 Å². The quantitative estimate of drug-likeness (QED) is 0.771. The van der Waals surface area contributed by atoms with Gasteiger partial charge in [0.2, 0.25) is 5.91 Å². The molecule has 0 saturated carbocycles. The predicted octanol–water partition coefficient (Wildman–Crippen LogP) is 2.17. The van der Waals surface area contributed by atoms with Gasteiger partial charge in [-0.25, -0.2) is 0 Å². The molecule has 0 heterocycles. The molecule has 1 amide bonds. The Balaban J connectivity index is 2.67. The van der Waals surface area contributed by atoms with Gasteiger partial charge in [0.05, 0.1) is 0 Å². The summed E-state index contributed by atoms with van der Waals surface area (Å²) in [5.41, 5.74) is 0.731. The molecule has 0 spiro atoms. The first-order valence-electron chi connectivity index (χ1n) is 5.77. The van der Waals surface area contributed by atoms with Crippen LogP contribution in [-0.4, -0.2) is 31.3 Å². The maximum absolute atomic E-state index is 11.9. The Morgan fingerprint density at radius 1 is 1.47 bits per heavy atom. The summed E-state index contributed by atoms with van der Waals surface area (Å²) in [4.78, 5) is 13.6. The molecule has 0 saturated heterocycles. The molecule has 94 valence electrons. The second kappa shape index (κ2) is 6.91. The summed E-state index contributed by atoms with van der Waals surface area (Å²) in [5.74, 6) is 0.223. The van der Waals surface area contributed by atoms with E-state index in [0.29, 0.717) is 26.0 Å². The first-order valence-corrected chi connectivity index (χ1v) is 5.77. The fraction of sp³-hybridized carbons (Fsp3) is 0.462. The Kier molecular flexibility index (Phi) is 5.49. The predicted molar refractivity (Wildman–Crippen MR) is 67.2 cm³/mol. The molecule has 0 fully saturated rings. The van der Waals surface area contributed by atoms with E-state index in [2.05, 4.69) is 0 Å². The molecule has 0 bridgehead atoms. The van der Waals surface area contributed by atoms with Gasteiger partial charge >= 0.3 is 0 Å². The number of carbonyl (C=O) groups excluding carboxylic acids is 1. The molecule has 1 N–H and O–H groups in total. The van der Waals surface area contributed by atoms with Gasteiger partial charge < -0.3 is 14.7 Å². The van der Waals surface area contributed by atoms with Crippen LogP contribution in [0.3, 0.4) is 0 Å². The third kappa shape index (κ3) is 4.07. The van der Waals surface area contributed by atoms with Crippen LogP contribution in [0.4, 0.5) is 5.69 Å². The van der Waals surface area contributed by atoms with E-state index in [-0.39, 0.29) is 11.7 Å². The molecule has 0 aliphatic heterocycles. The highest BCUT2D eigenvalue weighted by molar-refractivity contribution is 5.93. The monoisotopic (exact) mass is 237 g/mol. The zero-order valence-electron chi connectivity index (χ0n) is 10.3. The fourth-order valence-electron chi connectivity index (χ4n) is 1.67. The van der Waals surface area contributed by atoms with Crippen LogP contribution in [-0.2, 0) is 9.53 Å². The van der Waals surface area contributed by atoms with E-state index < -0.39 is 0 Å². The van der Waals surface area contributed by atoms with Crippen LogP contribution < -0.4 is 4.90 Å². The maximum atomic E-state index is 11.9. The Bertz CT molecular complexity index is 365. The van der Waals surface area contributed by atoms with Crippen LogP contribution in [0.1, 0.15) is 19.8 Å². The number of amides is 1. The summed E-state index contributed by atoms with van der Waals surface area (Å²) in [6.45, 7) is 3.09. The number of hydrogen-bond acceptors (Lipinski definition) is 3. The van der Waals surface area contributed by atoms with Crippen LogP contribution >= 0.6 is 0 Å². The van der Waals surface area contributed by atoms with E-state index in [1.54, 1.807) is 30.2 Å². The van der Waals surface area contributed by atoms with E-state index in [1.165, 1.54) is 0 Å². The first-order chi connectivity index (χ1) is 8.19. The lowest BCUT2D eigenvalue weighted by atomic mass is 10.2. The lowest BCUT2D eigenvalue weighted by Gasteiger charge is -2.21. The molecule has 0 radical (unpaired) electrons. The number of phenols is 1. The van der Waals surface area contributed by atoms with Gasteiger partial charge in [-0.15, -0.1) is 0 Å². The van der Waals surface area contributed by atoms with Crippen LogP contribution in [0, 0.1) is 0 Å². The number of nitrogens with zero attached hydrogens (tertiary/aromatic N) is 1. The minimum atomic E-state index is 0.0511. The maximum Gasteiger partial charge on any atom is 0.227 e. The van der Waals surface area contributed by atoms with Crippen molar-refractivity contribution in [2.24, 2.45) is 0 Å². The van der Waals surface area contributed by atoms with Gasteiger partial charge in [-0.1, -0.05) is 6.07 Å². The van der Waals surface area contributed by atoms with Crippen molar-refractivity contribution in [3.8, 4) is 5.75 Å². The number of methoxy groups -OCH3 is 1. The third-order valence-corrected chi connectivity index (χ3v) is 2.50. The van der Waals surface area contributed by atoms with Crippen molar-refractivity contribution in [2.75, 3.05) is 25.2 Å². The second-order valence-electron chi connectivity index (χ2n) is 3.75. The van der Waals surface area contributed by atoms with E-state index >= 15 is 0 Å². The minimum absolute atomic E-state index is 0.0511. The topological polar surface area (TPSA) is 49.8 Å². The number of hydrogen-bond donors (Lipinski definition) is 1. The Morgan fingerprint density at radius 2 is 2.24 bits per heavy atom. The average Bonchev–Trinajstić information content (AvgIpc) is 2.30. The van der Waals surface area contributed by atoms with Crippen LogP contribution in [0.15, 0.2) is 24.3 Å². The van der Waals surface area contributed by atoms with Crippen molar-refractivity contribution >= 4 is 11.6 Å². The normalized spacial score (nSPS) is 10.2. The van der Waals surface area contributed by atoms with Gasteiger partial charge in [0, 0.05) is 38.4 Å². The Hall–Kier alpha value is -1.55. The number of benzene rings is 1. The van der Waals surface area contributed by atoms with Crippen molar-refractivity contribution in [3.05, 3.63) is 24.3 Å². The van der Waals surface area contributed by atoms with Crippen LogP contribution in [0.2, 0.25) is 0 Å². The smallest absolute Gasteiger partial charge is 0.227 e. The highest BCUT2D eigenvalue weighted by atomic mass is 16.5. The van der Waals surface area contributed by atoms with Gasteiger partial charge in [0.25, 0.3) is 0 Å². The number of carbonyl (C=O) groups is 1. The van der Waals surface area contributed by atoms with Gasteiger partial charge in [0.1, 0.15) is 5.75 Å². The Labute approximate surface area is 102 Å². The fourth-order valence-corrected chi connectivity index (χ4v) is 1.67. The standard InChI is InChI=1S/C13H19NO3/c1-3-14(13(16)8-5-9-17-2)11-6-4-7-12(15)10-11/h4,6-7,10,15H,3,5,8-9H2,1-2H3. The zero-order valence-corrected chi connectivity index (χ0v) is 10.3. The number of phenolic OH excluding ortho intramolecular Hbond substituents is 1. The summed E-state index contributed by atoms with van der Waals surface area (Å²) in [6, 6.07) is 6.73. The molecule has 1 aromatic rings. The number of ether oxygens (including phenoxy) is 1. The highest BCUT2D eigenvalue weighted by Crippen LogP contribution is 2.20. The molecular weight excluding hydrogens is 218 g/mol. The molecule has 0 unspecified atom stereocenters. The summed E-state index contributed by atoms with van der Waals surface area (Å²) in [6.07, 6.45) is 1.17. The van der Waals surface area contributed by atoms with Gasteiger partial charge in [0.15, 0.2) is 0 Å². The highest BCUT2D eigenvalue weighted by Gasteiger charge is 2.13. The van der Waals surface area contributed by atoms with Crippen molar-refractivity contribution in [3.63, 3.8) is 0 Å². The molecule has 4 nitrogen and oxygen atoms in total. The van der Waals surface area contributed by atoms with Crippen molar-refractivity contribution in [2.45, 2.75) is 19.8 Å². The van der Waals surface area contributed by atoms with E-state index in [1.807, 2.05) is 13.0 Å². The van der Waals surface area contributed by atoms with E-state index in [9.17, 15) is 9.90 Å². The lowest BCUT2D eigenvalue weighted by Crippen LogP contribution is -2.30. The van der Waals surface area contributed by atoms with Crippen molar-refractivity contribution in [1.82, 2.24) is 0 Å². The van der Waals surface area contributed by atoms with E-state index in [4.69, 9.17) is 4.74 Å². The van der Waals surface area contributed by atoms with Crippen LogP contribution in [0.25, 0.3) is 0 Å². The summed E-state index contributed by atoms with van der Waals surface area (Å²) >= 11 is 0. The first kappa shape index (κ1) is 13.5. The Morgan fingerprint density at radius 3 is 2.82 bits per heavy atom. The average molecular weight is 237 g/mol. The van der Waals surface area contributed by atoms with Gasteiger partial charge in [-0.2, -0.15) is 0 Å². The molecule has 0 aromatic heterocycles. The second-order valence-corrected chi connectivity index (χ2v) is 3.75. The van der Waals surface area contributed by atoms with Crippen LogP contribution in [0.5, 0.6) is 5.75 Å². The molecule has 0 atom stereocenters. The molecule has 0 aliphatic rings. The lowest BCUT2D eigenvalue weighted by molar-refractivity contribution is -0.118. The summed E-state index contributed by atoms with van der Waals surface area (Å²) < 4.78 is 4.92. The third-order valence-electron chi connectivity index (χ3n) is 2.50. The number of anilines is 1. The molecule has 0 aliphatic carbocycles. The minimum Gasteiger partial charge on any atom is -0.508 e. The molecule has 1 rings (SSSR count). The molecule has 17 heavy (non-hydrogen) atoms. The molecule has 1 aromatic carbocycles. The van der Waals surface area contributed by atoms with Gasteiger partial charge in [-0.05, 0) is 25.5 Å². The zero-order chi connectivity index (χ0) is 12.7. The number of aromatic hydroxyl groups is 1. The van der Waals surface area contributed by atoms with Gasteiger partial charge in [-0.3, -0.25) is 4.79 Å². The summed E-state index contributed by atoms with van der Waals surface area (Å²) in [5, 5.41) is 9.40. The largest absolute Gasteiger partial charge is 0.508 e. The number of rotatable bonds is 6. The summed E-state index contributed by atoms with van der Waals surface area (Å²) in [7, 11) is 1.62.